The summed E-state index contributed by atoms with van der Waals surface area (Å²) in [5.41, 5.74) is 0. The Kier molecular flexibility index (Phi) is 55.1. The van der Waals surface area contributed by atoms with Gasteiger partial charge in [-0.3, -0.25) is 0 Å². The van der Waals surface area contributed by atoms with Crippen molar-refractivity contribution in [2.45, 2.75) is 0 Å². The molecule has 0 heterocycles. The maximum absolute atomic E-state index is 8.44. The Hall–Kier alpha value is 0.996. The van der Waals surface area contributed by atoms with Gasteiger partial charge >= 0.3 is 52.6 Å². The van der Waals surface area contributed by atoms with Crippen molar-refractivity contribution < 1.29 is 50.0 Å². The van der Waals surface area contributed by atoms with Crippen LogP contribution in [0.15, 0.2) is 0 Å². The van der Waals surface area contributed by atoms with Crippen LogP contribution in [0.1, 0.15) is 0 Å². The topological polar surface area (TPSA) is 90.4 Å². The average Bonchev–Trinajstić information content (AvgIpc) is 0.811. The number of hydrogen-bond donors (Lipinski definition) is 1. The molecule has 0 aromatic carbocycles. The summed E-state index contributed by atoms with van der Waals surface area (Å²) in [5, 5.41) is 15.3. The molecule has 0 aliphatic rings. The maximum atomic E-state index is 8.44. The van der Waals surface area contributed by atoms with Crippen LogP contribution >= 0.6 is 0 Å². The molecular weight excluding hydrogens is 123 g/mol. The zero-order chi connectivity index (χ0) is 3.58. The summed E-state index contributed by atoms with van der Waals surface area (Å²) < 4.78 is 0. The minimum atomic E-state index is -2.08. The molecule has 6 heteroatoms. The molecule has 0 amide bonds. The molecule has 0 fully saturated rings. The Balaban J connectivity index is -0.0000000150. The SMILES string of the molecule is O=C([O-])O.[Mg+2].[Na+].[OH-]. The Morgan fingerprint density at radius 1 is 1.57 bits per heavy atom. The zero-order valence-corrected chi connectivity index (χ0v) is 7.33. The Bertz CT molecular complexity index is 34.7. The van der Waals surface area contributed by atoms with E-state index in [9.17, 15) is 0 Å². The van der Waals surface area contributed by atoms with Crippen molar-refractivity contribution in [2.75, 3.05) is 0 Å². The van der Waals surface area contributed by atoms with Gasteiger partial charge < -0.3 is 20.5 Å². The second-order valence-electron chi connectivity index (χ2n) is 0.266. The van der Waals surface area contributed by atoms with E-state index in [2.05, 4.69) is 0 Å². The summed E-state index contributed by atoms with van der Waals surface area (Å²) >= 11 is 0. The Labute approximate surface area is 78.7 Å². The first kappa shape index (κ1) is 24.5. The molecule has 0 atom stereocenters. The molecule has 0 unspecified atom stereocenters. The van der Waals surface area contributed by atoms with E-state index >= 15 is 0 Å². The molecule has 7 heavy (non-hydrogen) atoms. The van der Waals surface area contributed by atoms with E-state index in [0.717, 1.165) is 0 Å². The molecule has 0 aliphatic heterocycles. The third kappa shape index (κ3) is 176. The molecule has 0 aliphatic carbocycles. The summed E-state index contributed by atoms with van der Waals surface area (Å²) in [6.45, 7) is 0. The summed E-state index contributed by atoms with van der Waals surface area (Å²) in [5.74, 6) is 0. The monoisotopic (exact) mass is 125 g/mol. The fourth-order valence-electron chi connectivity index (χ4n) is 0. The summed E-state index contributed by atoms with van der Waals surface area (Å²) in [4.78, 5) is 8.44. The summed E-state index contributed by atoms with van der Waals surface area (Å²) in [6, 6.07) is 0. The van der Waals surface area contributed by atoms with Gasteiger partial charge in [0.25, 0.3) is 0 Å². The molecule has 2 N–H and O–H groups in total. The predicted octanol–water partition coefficient (Wildman–Crippen LogP) is -4.67. The van der Waals surface area contributed by atoms with Crippen molar-refractivity contribution in [3.05, 3.63) is 0 Å². The van der Waals surface area contributed by atoms with Gasteiger partial charge in [0.05, 0.1) is 0 Å². The molecule has 0 rings (SSSR count). The largest absolute Gasteiger partial charge is 2.00 e. The second-order valence-corrected chi connectivity index (χ2v) is 0.266. The van der Waals surface area contributed by atoms with E-state index in [-0.39, 0.29) is 58.1 Å². The van der Waals surface area contributed by atoms with Crippen LogP contribution in [0.25, 0.3) is 0 Å². The van der Waals surface area contributed by atoms with Crippen molar-refractivity contribution >= 4 is 29.2 Å². The maximum Gasteiger partial charge on any atom is 2.00 e. The number of rotatable bonds is 0. The van der Waals surface area contributed by atoms with Gasteiger partial charge in [0.2, 0.25) is 6.16 Å². The first-order chi connectivity index (χ1) is 1.73. The van der Waals surface area contributed by atoms with Crippen molar-refractivity contribution in [1.29, 1.82) is 0 Å². The van der Waals surface area contributed by atoms with Gasteiger partial charge in [-0.05, 0) is 0 Å². The summed E-state index contributed by atoms with van der Waals surface area (Å²) in [7, 11) is 0. The normalized spacial score (nSPS) is 3.43. The molecule has 0 aromatic heterocycles. The van der Waals surface area contributed by atoms with Gasteiger partial charge in [0.15, 0.2) is 0 Å². The van der Waals surface area contributed by atoms with Crippen LogP contribution in [-0.2, 0) is 0 Å². The molecule has 0 saturated heterocycles. The van der Waals surface area contributed by atoms with Crippen LogP contribution in [0.2, 0.25) is 0 Å². The molecule has 0 bridgehead atoms. The minimum Gasteiger partial charge on any atom is -0.870 e. The molecule has 32 valence electrons. The van der Waals surface area contributed by atoms with Crippen molar-refractivity contribution in [3.63, 3.8) is 0 Å². The van der Waals surface area contributed by atoms with Crippen LogP contribution in [0.5, 0.6) is 0 Å². The number of carboxylic acid groups (broad SMARTS) is 2. The van der Waals surface area contributed by atoms with E-state index in [1.54, 1.807) is 0 Å². The molecule has 4 nitrogen and oxygen atoms in total. The van der Waals surface area contributed by atoms with Crippen molar-refractivity contribution in [3.8, 4) is 0 Å². The third-order valence-corrected chi connectivity index (χ3v) is 0. The average molecular weight is 125 g/mol. The predicted molar refractivity (Wildman–Crippen MR) is 15.7 cm³/mol. The van der Waals surface area contributed by atoms with E-state index in [1.807, 2.05) is 0 Å². The van der Waals surface area contributed by atoms with Gasteiger partial charge in [-0.1, -0.05) is 0 Å². The van der Waals surface area contributed by atoms with Crippen LogP contribution in [-0.4, -0.2) is 39.8 Å². The molecule has 0 aromatic rings. The number of carbonyl (C=O) groups is 1. The van der Waals surface area contributed by atoms with E-state index < -0.39 is 6.16 Å². The second kappa shape index (κ2) is 15.8. The fourth-order valence-corrected chi connectivity index (χ4v) is 0. The molecule has 0 radical (unpaired) electrons. The van der Waals surface area contributed by atoms with Crippen LogP contribution in [0, 0.1) is 0 Å². The first-order valence-electron chi connectivity index (χ1n) is 0.632. The quantitative estimate of drug-likeness (QED) is 0.330. The van der Waals surface area contributed by atoms with Gasteiger partial charge in [0.1, 0.15) is 0 Å². The van der Waals surface area contributed by atoms with Gasteiger partial charge in [0, 0.05) is 0 Å². The van der Waals surface area contributed by atoms with Gasteiger partial charge in [-0.2, -0.15) is 0 Å². The van der Waals surface area contributed by atoms with Crippen LogP contribution < -0.4 is 34.7 Å². The number of hydrogen-bond acceptors (Lipinski definition) is 3. The van der Waals surface area contributed by atoms with Gasteiger partial charge in [-0.15, -0.1) is 0 Å². The van der Waals surface area contributed by atoms with Crippen LogP contribution in [0.4, 0.5) is 4.79 Å². The van der Waals surface area contributed by atoms with E-state index in [0.29, 0.717) is 0 Å². The van der Waals surface area contributed by atoms with E-state index in [4.69, 9.17) is 15.0 Å². The van der Waals surface area contributed by atoms with Crippen molar-refractivity contribution in [2.24, 2.45) is 0 Å². The standard InChI is InChI=1S/CH2O3.Mg.Na.H2O/c2-1(3)4;;;/h(H2,2,3,4);;;1H2/q;+2;+1;/p-2. The Morgan fingerprint density at radius 3 is 1.57 bits per heavy atom. The van der Waals surface area contributed by atoms with Crippen molar-refractivity contribution in [1.82, 2.24) is 0 Å². The third-order valence-electron chi connectivity index (χ3n) is 0. The smallest absolute Gasteiger partial charge is 0.870 e. The molecule has 0 spiro atoms. The fraction of sp³-hybridized carbons (Fsp3) is 0. The Morgan fingerprint density at radius 2 is 1.57 bits per heavy atom. The molecular formula is CH2MgNaO4+. The summed E-state index contributed by atoms with van der Waals surface area (Å²) in [6.07, 6.45) is -2.08. The zero-order valence-electron chi connectivity index (χ0n) is 3.92. The van der Waals surface area contributed by atoms with Gasteiger partial charge in [-0.25, -0.2) is 0 Å². The van der Waals surface area contributed by atoms with Crippen LogP contribution in [0.3, 0.4) is 0 Å². The minimum absolute atomic E-state index is 0. The first-order valence-corrected chi connectivity index (χ1v) is 0.632. The molecule has 0 saturated carbocycles. The van der Waals surface area contributed by atoms with E-state index in [1.165, 1.54) is 0 Å².